The maximum absolute atomic E-state index is 13.3. The van der Waals surface area contributed by atoms with E-state index >= 15 is 0 Å². The van der Waals surface area contributed by atoms with Crippen molar-refractivity contribution >= 4 is 11.8 Å². The summed E-state index contributed by atoms with van der Waals surface area (Å²) in [6.07, 6.45) is 3.22. The number of halogens is 2. The monoisotopic (exact) mass is 224 g/mol. The summed E-state index contributed by atoms with van der Waals surface area (Å²) in [6.45, 7) is 0.249. The van der Waals surface area contributed by atoms with Gasteiger partial charge in [-0.2, -0.15) is 0 Å². The second-order valence-corrected chi connectivity index (χ2v) is 3.01. The predicted molar refractivity (Wildman–Crippen MR) is 58.4 cm³/mol. The van der Waals surface area contributed by atoms with Crippen LogP contribution in [0.4, 0.5) is 14.5 Å². The fourth-order valence-corrected chi connectivity index (χ4v) is 1.12. The molecule has 0 aliphatic carbocycles. The van der Waals surface area contributed by atoms with Crippen LogP contribution < -0.4 is 5.73 Å². The average Bonchev–Trinajstić information content (AvgIpc) is 2.28. The van der Waals surface area contributed by atoms with Crippen molar-refractivity contribution in [3.05, 3.63) is 45.8 Å². The minimum absolute atomic E-state index is 0.101. The Labute approximate surface area is 91.0 Å². The molecule has 0 radical (unpaired) electrons. The van der Waals surface area contributed by atoms with E-state index in [2.05, 4.69) is 10.0 Å². The molecule has 0 aliphatic rings. The molecule has 0 spiro atoms. The van der Waals surface area contributed by atoms with E-state index in [1.54, 1.807) is 0 Å². The van der Waals surface area contributed by atoms with Crippen LogP contribution in [0.25, 0.3) is 16.5 Å². The lowest BCUT2D eigenvalue weighted by Gasteiger charge is -2.01. The molecule has 0 atom stereocenters. The number of hydrogen-bond acceptors (Lipinski definition) is 2. The molecule has 0 heterocycles. The summed E-state index contributed by atoms with van der Waals surface area (Å²) in [5.74, 6) is -1.45. The number of nitrogens with two attached hydrogens (primary N) is 1. The van der Waals surface area contributed by atoms with Gasteiger partial charge in [-0.25, -0.2) is 8.78 Å². The van der Waals surface area contributed by atoms with Crippen LogP contribution in [0.15, 0.2) is 23.3 Å². The molecule has 1 rings (SSSR count). The smallest absolute Gasteiger partial charge is 0.156 e. The Morgan fingerprint density at radius 1 is 1.44 bits per heavy atom. The van der Waals surface area contributed by atoms with Crippen molar-refractivity contribution in [2.24, 2.45) is 5.11 Å². The van der Waals surface area contributed by atoms with Crippen LogP contribution in [0, 0.1) is 11.6 Å². The van der Waals surface area contributed by atoms with Gasteiger partial charge in [0.2, 0.25) is 0 Å². The van der Waals surface area contributed by atoms with Gasteiger partial charge in [0.1, 0.15) is 5.82 Å². The van der Waals surface area contributed by atoms with Crippen LogP contribution in [0.1, 0.15) is 12.0 Å². The van der Waals surface area contributed by atoms with Gasteiger partial charge in [-0.1, -0.05) is 17.3 Å². The Morgan fingerprint density at radius 2 is 2.19 bits per heavy atom. The minimum Gasteiger partial charge on any atom is -0.396 e. The summed E-state index contributed by atoms with van der Waals surface area (Å²) >= 11 is 0. The molecule has 1 aromatic rings. The third-order valence-electron chi connectivity index (χ3n) is 1.90. The summed E-state index contributed by atoms with van der Waals surface area (Å²) in [6, 6.07) is 2.27. The predicted octanol–water partition coefficient (Wildman–Crippen LogP) is 3.26. The van der Waals surface area contributed by atoms with Crippen molar-refractivity contribution < 1.29 is 8.78 Å². The van der Waals surface area contributed by atoms with Crippen LogP contribution in [-0.4, -0.2) is 6.54 Å². The van der Waals surface area contributed by atoms with Crippen LogP contribution in [-0.2, 0) is 0 Å². The fourth-order valence-electron chi connectivity index (χ4n) is 1.12. The Bertz CT molecular complexity index is 450. The van der Waals surface area contributed by atoms with Crippen molar-refractivity contribution in [2.75, 3.05) is 12.3 Å². The zero-order chi connectivity index (χ0) is 12.0. The molecule has 0 unspecified atom stereocenters. The molecule has 0 bridgehead atoms. The highest BCUT2D eigenvalue weighted by Crippen LogP contribution is 2.19. The molecule has 2 N–H and O–H groups in total. The van der Waals surface area contributed by atoms with Crippen LogP contribution in [0.2, 0.25) is 0 Å². The maximum Gasteiger partial charge on any atom is 0.156 e. The lowest BCUT2D eigenvalue weighted by Crippen LogP contribution is -1.96. The van der Waals surface area contributed by atoms with Crippen molar-refractivity contribution in [1.82, 2.24) is 0 Å². The minimum atomic E-state index is -0.778. The molecule has 6 heteroatoms. The Balaban J connectivity index is 2.80. The van der Waals surface area contributed by atoms with Crippen LogP contribution >= 0.6 is 0 Å². The molecule has 0 aromatic heterocycles. The molecule has 0 saturated heterocycles. The third kappa shape index (κ3) is 2.96. The van der Waals surface area contributed by atoms with Gasteiger partial charge in [0, 0.05) is 17.0 Å². The Kier molecular flexibility index (Phi) is 4.29. The van der Waals surface area contributed by atoms with E-state index in [1.807, 2.05) is 0 Å². The Morgan fingerprint density at radius 3 is 2.88 bits per heavy atom. The van der Waals surface area contributed by atoms with E-state index < -0.39 is 11.6 Å². The molecule has 84 valence electrons. The van der Waals surface area contributed by atoms with E-state index in [0.29, 0.717) is 6.42 Å². The molecule has 4 nitrogen and oxygen atoms in total. The SMILES string of the molecule is [N-]=[N+]=NCCC=Cc1c(F)ccc(N)c1F. The first-order valence-corrected chi connectivity index (χ1v) is 4.57. The Hall–Kier alpha value is -2.07. The second kappa shape index (κ2) is 5.72. The van der Waals surface area contributed by atoms with Gasteiger partial charge in [0.15, 0.2) is 5.82 Å². The van der Waals surface area contributed by atoms with E-state index in [1.165, 1.54) is 18.2 Å². The first-order valence-electron chi connectivity index (χ1n) is 4.57. The molecule has 0 fully saturated rings. The van der Waals surface area contributed by atoms with E-state index in [0.717, 1.165) is 6.07 Å². The quantitative estimate of drug-likeness (QED) is 0.275. The standard InChI is InChI=1S/C10H10F2N4/c11-8-4-5-9(13)10(12)7(8)3-1-2-6-15-16-14/h1,3-5H,2,6,13H2. The zero-order valence-electron chi connectivity index (χ0n) is 8.40. The molecular formula is C10H10F2N4. The summed E-state index contributed by atoms with van der Waals surface area (Å²) in [5, 5.41) is 3.28. The fraction of sp³-hybridized carbons (Fsp3) is 0.200. The summed E-state index contributed by atoms with van der Waals surface area (Å²) in [7, 11) is 0. The molecule has 16 heavy (non-hydrogen) atoms. The largest absolute Gasteiger partial charge is 0.396 e. The van der Waals surface area contributed by atoms with Crippen LogP contribution in [0.3, 0.4) is 0 Å². The zero-order valence-corrected chi connectivity index (χ0v) is 8.40. The molecule has 1 aromatic carbocycles. The summed E-state index contributed by atoms with van der Waals surface area (Å²) in [5.41, 5.74) is 13.0. The summed E-state index contributed by atoms with van der Waals surface area (Å²) in [4.78, 5) is 2.55. The van der Waals surface area contributed by atoms with Crippen LogP contribution in [0.5, 0.6) is 0 Å². The number of benzene rings is 1. The van der Waals surface area contributed by atoms with Gasteiger partial charge >= 0.3 is 0 Å². The number of anilines is 1. The van der Waals surface area contributed by atoms with Gasteiger partial charge in [0.05, 0.1) is 5.69 Å². The highest BCUT2D eigenvalue weighted by molar-refractivity contribution is 5.57. The van der Waals surface area contributed by atoms with Gasteiger partial charge < -0.3 is 5.73 Å². The molecule has 0 amide bonds. The lowest BCUT2D eigenvalue weighted by molar-refractivity contribution is 0.581. The van der Waals surface area contributed by atoms with E-state index in [9.17, 15) is 8.78 Å². The van der Waals surface area contributed by atoms with Gasteiger partial charge in [0.25, 0.3) is 0 Å². The van der Waals surface area contributed by atoms with Gasteiger partial charge in [-0.15, -0.1) is 0 Å². The number of azide groups is 1. The van der Waals surface area contributed by atoms with E-state index in [4.69, 9.17) is 11.3 Å². The highest BCUT2D eigenvalue weighted by Gasteiger charge is 2.08. The molecular weight excluding hydrogens is 214 g/mol. The summed E-state index contributed by atoms with van der Waals surface area (Å²) < 4.78 is 26.5. The van der Waals surface area contributed by atoms with Gasteiger partial charge in [-0.3, -0.25) is 0 Å². The van der Waals surface area contributed by atoms with Crippen molar-refractivity contribution in [3.63, 3.8) is 0 Å². The topological polar surface area (TPSA) is 74.8 Å². The van der Waals surface area contributed by atoms with Crippen molar-refractivity contribution in [1.29, 1.82) is 0 Å². The number of nitrogens with zero attached hydrogens (tertiary/aromatic N) is 3. The lowest BCUT2D eigenvalue weighted by atomic mass is 10.1. The third-order valence-corrected chi connectivity index (χ3v) is 1.90. The average molecular weight is 224 g/mol. The van der Waals surface area contributed by atoms with Crippen molar-refractivity contribution in [2.45, 2.75) is 6.42 Å². The van der Waals surface area contributed by atoms with Crippen molar-refractivity contribution in [3.8, 4) is 0 Å². The molecule has 0 saturated carbocycles. The molecule has 0 aliphatic heterocycles. The highest BCUT2D eigenvalue weighted by atomic mass is 19.1. The van der Waals surface area contributed by atoms with Gasteiger partial charge in [-0.05, 0) is 24.1 Å². The van der Waals surface area contributed by atoms with E-state index in [-0.39, 0.29) is 17.8 Å². The number of rotatable bonds is 4. The first-order chi connectivity index (χ1) is 7.66. The number of nitrogen functional groups attached to an aromatic ring is 1. The second-order valence-electron chi connectivity index (χ2n) is 3.01. The number of hydrogen-bond donors (Lipinski definition) is 1. The first kappa shape index (κ1) is 12.0. The normalized spacial score (nSPS) is 10.4. The maximum atomic E-state index is 13.3.